The summed E-state index contributed by atoms with van der Waals surface area (Å²) in [5, 5.41) is 0. The third-order valence-corrected chi connectivity index (χ3v) is 3.40. The zero-order valence-electron chi connectivity index (χ0n) is 10.5. The molecule has 1 saturated heterocycles. The summed E-state index contributed by atoms with van der Waals surface area (Å²) in [6.45, 7) is 4.55. The van der Waals surface area contributed by atoms with Crippen molar-refractivity contribution in [3.8, 4) is 0 Å². The first-order valence-corrected chi connectivity index (χ1v) is 6.94. The summed E-state index contributed by atoms with van der Waals surface area (Å²) in [6, 6.07) is 5.68. The van der Waals surface area contributed by atoms with E-state index in [4.69, 9.17) is 0 Å². The molecule has 0 saturated carbocycles. The second-order valence-electron chi connectivity index (χ2n) is 4.44. The van der Waals surface area contributed by atoms with Crippen molar-refractivity contribution in [3.63, 3.8) is 0 Å². The molecule has 18 heavy (non-hydrogen) atoms. The van der Waals surface area contributed by atoms with Crippen LogP contribution in [0.15, 0.2) is 24.4 Å². The third kappa shape index (κ3) is 3.71. The molecule has 0 aromatic carbocycles. The standard InChI is InChI=1S/C13H19N3OS/c17-13(11-12-3-1-2-4-14-12)16-7-5-15(6-8-16)9-10-18/h1-4,18H,5-11H2. The van der Waals surface area contributed by atoms with Gasteiger partial charge in [0.15, 0.2) is 0 Å². The molecule has 0 radical (unpaired) electrons. The summed E-state index contributed by atoms with van der Waals surface area (Å²) in [6.07, 6.45) is 2.14. The van der Waals surface area contributed by atoms with Gasteiger partial charge in [0.2, 0.25) is 5.91 Å². The first-order valence-electron chi connectivity index (χ1n) is 6.30. The molecule has 1 amide bonds. The highest BCUT2D eigenvalue weighted by Crippen LogP contribution is 2.05. The highest BCUT2D eigenvalue weighted by molar-refractivity contribution is 7.80. The third-order valence-electron chi connectivity index (χ3n) is 3.20. The summed E-state index contributed by atoms with van der Waals surface area (Å²) in [5.41, 5.74) is 0.847. The van der Waals surface area contributed by atoms with Crippen LogP contribution in [0, 0.1) is 0 Å². The molecule has 2 rings (SSSR count). The van der Waals surface area contributed by atoms with Gasteiger partial charge in [0.1, 0.15) is 0 Å². The van der Waals surface area contributed by atoms with E-state index in [1.807, 2.05) is 23.1 Å². The van der Waals surface area contributed by atoms with Gasteiger partial charge in [0.05, 0.1) is 6.42 Å². The van der Waals surface area contributed by atoms with Gasteiger partial charge in [-0.1, -0.05) is 6.07 Å². The van der Waals surface area contributed by atoms with Crippen molar-refractivity contribution in [1.82, 2.24) is 14.8 Å². The molecule has 1 aliphatic rings. The van der Waals surface area contributed by atoms with Crippen LogP contribution in [0.5, 0.6) is 0 Å². The zero-order chi connectivity index (χ0) is 12.8. The monoisotopic (exact) mass is 265 g/mol. The molecule has 1 aromatic rings. The summed E-state index contributed by atoms with van der Waals surface area (Å²) in [7, 11) is 0. The molecule has 5 heteroatoms. The molecule has 2 heterocycles. The van der Waals surface area contributed by atoms with Crippen LogP contribution in [-0.2, 0) is 11.2 Å². The van der Waals surface area contributed by atoms with Crippen molar-refractivity contribution in [3.05, 3.63) is 30.1 Å². The Labute approximate surface area is 113 Å². The molecule has 0 bridgehead atoms. The number of hydrogen-bond acceptors (Lipinski definition) is 4. The molecule has 1 aromatic heterocycles. The Morgan fingerprint density at radius 2 is 2.06 bits per heavy atom. The van der Waals surface area contributed by atoms with Gasteiger partial charge >= 0.3 is 0 Å². The van der Waals surface area contributed by atoms with Gasteiger partial charge in [0, 0.05) is 50.4 Å². The van der Waals surface area contributed by atoms with E-state index in [-0.39, 0.29) is 5.91 Å². The number of rotatable bonds is 4. The minimum Gasteiger partial charge on any atom is -0.340 e. The lowest BCUT2D eigenvalue weighted by Crippen LogP contribution is -2.49. The van der Waals surface area contributed by atoms with Crippen LogP contribution in [0.3, 0.4) is 0 Å². The smallest absolute Gasteiger partial charge is 0.228 e. The predicted octanol–water partition coefficient (Wildman–Crippen LogP) is 0.698. The number of nitrogens with zero attached hydrogens (tertiary/aromatic N) is 3. The van der Waals surface area contributed by atoms with Gasteiger partial charge in [-0.25, -0.2) is 0 Å². The maximum absolute atomic E-state index is 12.1. The lowest BCUT2D eigenvalue weighted by Gasteiger charge is -2.34. The van der Waals surface area contributed by atoms with Crippen molar-refractivity contribution in [2.45, 2.75) is 6.42 Å². The highest BCUT2D eigenvalue weighted by Gasteiger charge is 2.20. The fourth-order valence-corrected chi connectivity index (χ4v) is 2.41. The van der Waals surface area contributed by atoms with Gasteiger partial charge < -0.3 is 4.90 Å². The van der Waals surface area contributed by atoms with E-state index in [1.165, 1.54) is 0 Å². The number of thiol groups is 1. The van der Waals surface area contributed by atoms with Crippen molar-refractivity contribution in [1.29, 1.82) is 0 Å². The largest absolute Gasteiger partial charge is 0.340 e. The Bertz CT molecular complexity index is 377. The average molecular weight is 265 g/mol. The average Bonchev–Trinajstić information content (AvgIpc) is 2.41. The van der Waals surface area contributed by atoms with Crippen LogP contribution in [0.25, 0.3) is 0 Å². The summed E-state index contributed by atoms with van der Waals surface area (Å²) < 4.78 is 0. The SMILES string of the molecule is O=C(Cc1ccccn1)N1CCN(CCS)CC1. The molecule has 4 nitrogen and oxygen atoms in total. The summed E-state index contributed by atoms with van der Waals surface area (Å²) in [4.78, 5) is 20.6. The molecule has 1 aliphatic heterocycles. The first kappa shape index (κ1) is 13.4. The van der Waals surface area contributed by atoms with Crippen LogP contribution in [0.1, 0.15) is 5.69 Å². The van der Waals surface area contributed by atoms with E-state index in [0.717, 1.165) is 44.2 Å². The zero-order valence-corrected chi connectivity index (χ0v) is 11.4. The molecule has 0 unspecified atom stereocenters. The fraction of sp³-hybridized carbons (Fsp3) is 0.538. The second kappa shape index (κ2) is 6.75. The van der Waals surface area contributed by atoms with Gasteiger partial charge in [0.25, 0.3) is 0 Å². The molecule has 0 aliphatic carbocycles. The quantitative estimate of drug-likeness (QED) is 0.814. The van der Waals surface area contributed by atoms with Gasteiger partial charge in [-0.05, 0) is 12.1 Å². The van der Waals surface area contributed by atoms with E-state index >= 15 is 0 Å². The second-order valence-corrected chi connectivity index (χ2v) is 4.89. The maximum atomic E-state index is 12.1. The Hall–Kier alpha value is -1.07. The number of carbonyl (C=O) groups excluding carboxylic acids is 1. The minimum atomic E-state index is 0.180. The van der Waals surface area contributed by atoms with E-state index < -0.39 is 0 Å². The maximum Gasteiger partial charge on any atom is 0.228 e. The number of amides is 1. The van der Waals surface area contributed by atoms with E-state index in [1.54, 1.807) is 6.20 Å². The lowest BCUT2D eigenvalue weighted by molar-refractivity contribution is -0.132. The van der Waals surface area contributed by atoms with Gasteiger partial charge in [-0.3, -0.25) is 14.7 Å². The molecular weight excluding hydrogens is 246 g/mol. The van der Waals surface area contributed by atoms with Crippen molar-refractivity contribution >= 4 is 18.5 Å². The molecule has 0 atom stereocenters. The number of pyridine rings is 1. The van der Waals surface area contributed by atoms with Crippen molar-refractivity contribution < 1.29 is 4.79 Å². The van der Waals surface area contributed by atoms with Crippen LogP contribution < -0.4 is 0 Å². The topological polar surface area (TPSA) is 36.4 Å². The van der Waals surface area contributed by atoms with Crippen LogP contribution >= 0.6 is 12.6 Å². The predicted molar refractivity (Wildman–Crippen MR) is 74.8 cm³/mol. The van der Waals surface area contributed by atoms with E-state index in [2.05, 4.69) is 22.5 Å². The molecule has 1 fully saturated rings. The van der Waals surface area contributed by atoms with Gasteiger partial charge in [-0.15, -0.1) is 0 Å². The minimum absolute atomic E-state index is 0.180. The Morgan fingerprint density at radius 3 is 2.67 bits per heavy atom. The Kier molecular flexibility index (Phi) is 5.01. The molecule has 98 valence electrons. The van der Waals surface area contributed by atoms with E-state index in [0.29, 0.717) is 6.42 Å². The van der Waals surface area contributed by atoms with Crippen molar-refractivity contribution in [2.24, 2.45) is 0 Å². The first-order chi connectivity index (χ1) is 8.79. The number of hydrogen-bond donors (Lipinski definition) is 1. The normalized spacial score (nSPS) is 16.8. The number of carbonyl (C=O) groups is 1. The van der Waals surface area contributed by atoms with Gasteiger partial charge in [-0.2, -0.15) is 12.6 Å². The molecule has 0 spiro atoms. The Morgan fingerprint density at radius 1 is 1.28 bits per heavy atom. The molecular formula is C13H19N3OS. The van der Waals surface area contributed by atoms with E-state index in [9.17, 15) is 4.79 Å². The van der Waals surface area contributed by atoms with Crippen molar-refractivity contribution in [2.75, 3.05) is 38.5 Å². The van der Waals surface area contributed by atoms with Crippen LogP contribution in [0.2, 0.25) is 0 Å². The number of aromatic nitrogens is 1. The Balaban J connectivity index is 1.81. The summed E-state index contributed by atoms with van der Waals surface area (Å²) in [5.74, 6) is 1.06. The molecule has 0 N–H and O–H groups in total. The fourth-order valence-electron chi connectivity index (χ4n) is 2.13. The number of piperazine rings is 1. The summed E-state index contributed by atoms with van der Waals surface area (Å²) >= 11 is 4.23. The van der Waals surface area contributed by atoms with Crippen LogP contribution in [0.4, 0.5) is 0 Å². The lowest BCUT2D eigenvalue weighted by atomic mass is 10.2. The van der Waals surface area contributed by atoms with Crippen LogP contribution in [-0.4, -0.2) is 59.2 Å². The highest BCUT2D eigenvalue weighted by atomic mass is 32.1.